The van der Waals surface area contributed by atoms with Crippen molar-refractivity contribution in [2.24, 2.45) is 71.0 Å². The van der Waals surface area contributed by atoms with Crippen molar-refractivity contribution < 1.29 is 84.1 Å². The Hall–Kier alpha value is -5.54. The minimum atomic E-state index is -3.43. The maximum Gasteiger partial charge on any atom is 0.377 e. The second kappa shape index (κ2) is 32.5. The van der Waals surface area contributed by atoms with Crippen molar-refractivity contribution in [3.05, 3.63) is 170 Å². The maximum absolute atomic E-state index is 13.2. The van der Waals surface area contributed by atoms with Gasteiger partial charge in [-0.2, -0.15) is 17.6 Å². The molecule has 16 aliphatic carbocycles. The molecule has 4 aliphatic heterocycles. The molecule has 14 nitrogen and oxygen atoms in total. The Bertz CT molecular complexity index is 4140. The molecule has 6 aromatic carbocycles. The van der Waals surface area contributed by atoms with Gasteiger partial charge in [0.05, 0.1) is 56.4 Å². The van der Waals surface area contributed by atoms with Crippen molar-refractivity contribution in [3.63, 3.8) is 0 Å². The minimum absolute atomic E-state index is 0.0289. The molecular formula is C94H106F4O14S6+2. The molecule has 118 heavy (non-hydrogen) atoms. The average molecular weight is 1730 g/mol. The highest BCUT2D eigenvalue weighted by atomic mass is 32.2. The first-order chi connectivity index (χ1) is 56.9. The van der Waals surface area contributed by atoms with Crippen molar-refractivity contribution in [3.8, 4) is 11.5 Å². The molecule has 0 amide bonds. The fraction of sp³-hybridized carbons (Fsp3) is 0.574. The second-order valence-electron chi connectivity index (χ2n) is 36.7. The van der Waals surface area contributed by atoms with Gasteiger partial charge in [0.15, 0.2) is 54.2 Å². The summed E-state index contributed by atoms with van der Waals surface area (Å²) in [6, 6.07) is 58.7. The summed E-state index contributed by atoms with van der Waals surface area (Å²) in [6.45, 7) is 3.67. The monoisotopic (exact) mass is 1730 g/mol. The van der Waals surface area contributed by atoms with Gasteiger partial charge in [-0.05, 0) is 273 Å². The molecular weight excluding hydrogens is 1620 g/mol. The van der Waals surface area contributed by atoms with Gasteiger partial charge < -0.3 is 47.4 Å². The molecule has 20 fully saturated rings. The molecule has 26 rings (SSSR count). The largest absolute Gasteiger partial charge is 0.482 e. The Morgan fingerprint density at radius 2 is 0.576 bits per heavy atom. The van der Waals surface area contributed by atoms with Crippen molar-refractivity contribution in [2.45, 2.75) is 226 Å². The van der Waals surface area contributed by atoms with E-state index in [1.165, 1.54) is 78.1 Å². The number of esters is 4. The lowest BCUT2D eigenvalue weighted by molar-refractivity contribution is -0.316. The number of hydrogen-bond acceptors (Lipinski definition) is 18. The van der Waals surface area contributed by atoms with E-state index >= 15 is 0 Å². The zero-order valence-corrected chi connectivity index (χ0v) is 71.9. The Balaban J connectivity index is 0.000000108. The molecule has 0 radical (unpaired) electrons. The first-order valence-corrected chi connectivity index (χ1v) is 49.2. The number of carbonyl (C=O) groups excluding carboxylic acids is 4. The zero-order chi connectivity index (χ0) is 80.9. The van der Waals surface area contributed by atoms with Crippen LogP contribution in [0, 0.1) is 71.0 Å². The summed E-state index contributed by atoms with van der Waals surface area (Å²) in [6.07, 6.45) is 19.3. The van der Waals surface area contributed by atoms with Gasteiger partial charge >= 0.3 is 35.7 Å². The summed E-state index contributed by atoms with van der Waals surface area (Å²) in [5.41, 5.74) is -1.97. The number of alkyl halides is 4. The molecule has 0 aromatic heterocycles. The van der Waals surface area contributed by atoms with E-state index in [4.69, 9.17) is 47.4 Å². The summed E-state index contributed by atoms with van der Waals surface area (Å²) in [7, 11) is -0.414. The lowest BCUT2D eigenvalue weighted by Crippen LogP contribution is -2.65. The molecule has 628 valence electrons. The van der Waals surface area contributed by atoms with Crippen LogP contribution in [0.5, 0.6) is 11.5 Å². The van der Waals surface area contributed by atoms with Crippen molar-refractivity contribution in [2.75, 3.05) is 62.7 Å². The predicted molar refractivity (Wildman–Crippen MR) is 449 cm³/mol. The normalized spacial score (nSPS) is 33.9. The van der Waals surface area contributed by atoms with Crippen LogP contribution < -0.4 is 9.47 Å². The summed E-state index contributed by atoms with van der Waals surface area (Å²) < 4.78 is 113. The van der Waals surface area contributed by atoms with Crippen LogP contribution in [-0.2, 0) is 78.9 Å². The molecule has 20 aliphatic rings. The number of thioether (sulfide) groups is 4. The fourth-order valence-corrected chi connectivity index (χ4v) is 37.1. The molecule has 4 spiro atoms. The highest BCUT2D eigenvalue weighted by Crippen LogP contribution is 2.73. The van der Waals surface area contributed by atoms with Gasteiger partial charge in [-0.25, -0.2) is 19.2 Å². The standard InChI is InChI=1S/C32H33O5S.C32H33O3S3.C15H20F2O4.C15H20F2O2S2/c33-30(37-31-19-23-17-24(20-31)32(25(18-23)21-31)35-15-16-36-32)22-34-26-11-13-29(14-12-26)38(27-7-3-1-4-8-27)28-9-5-2-6-10-28;33-30(35-31-19-23-17-24(20-31)32(25(18-23)21-31)36-15-16-37-32)22-34-26-11-13-29(14-12-26)38(27-7-3-1-4-8-27)28-9-5-2-6-10-28;1-13(16,17)12(18)21-14-6-9-4-10(7-14)15(11(5-9)8-14)19-2-3-20-15;1-13(16,17)12(18)19-14-6-9-4-10(7-14)15(11(5-9)8-14)20-2-3-21-15/h2*1-14,23-25H,15-22H2;2*9-11H,2-8H2,1H3/q2*+1;;. The minimum Gasteiger partial charge on any atom is -0.482 e. The second-order valence-corrected chi connectivity index (χ2v) is 46.7. The van der Waals surface area contributed by atoms with Crippen LogP contribution in [0.1, 0.15) is 142 Å². The quantitative estimate of drug-likeness (QED) is 0.0346. The summed E-state index contributed by atoms with van der Waals surface area (Å²) in [5, 5.41) is 0. The average Bonchev–Trinajstić information content (AvgIpc) is 1.24. The van der Waals surface area contributed by atoms with Gasteiger partial charge in [-0.15, -0.1) is 47.0 Å². The Kier molecular flexibility index (Phi) is 22.6. The van der Waals surface area contributed by atoms with Crippen LogP contribution in [0.25, 0.3) is 0 Å². The van der Waals surface area contributed by atoms with Crippen LogP contribution in [0.15, 0.2) is 199 Å². The van der Waals surface area contributed by atoms with Crippen LogP contribution in [0.4, 0.5) is 17.6 Å². The lowest BCUT2D eigenvalue weighted by atomic mass is 9.51. The van der Waals surface area contributed by atoms with E-state index in [1.54, 1.807) is 0 Å². The van der Waals surface area contributed by atoms with Gasteiger partial charge in [0.1, 0.15) is 33.9 Å². The van der Waals surface area contributed by atoms with Crippen LogP contribution in [0.3, 0.4) is 0 Å². The number of halogens is 4. The third-order valence-corrected chi connectivity index (χ3v) is 41.3. The van der Waals surface area contributed by atoms with Gasteiger partial charge in [0, 0.05) is 60.5 Å². The van der Waals surface area contributed by atoms with E-state index < -0.39 is 46.6 Å². The van der Waals surface area contributed by atoms with E-state index in [0.717, 1.165) is 89.4 Å². The Morgan fingerprint density at radius 3 is 0.839 bits per heavy atom. The number of carbonyl (C=O) groups is 4. The first kappa shape index (κ1) is 82.1. The maximum atomic E-state index is 13.2. The molecule has 16 bridgehead atoms. The topological polar surface area (TPSA) is 161 Å². The molecule has 4 saturated heterocycles. The van der Waals surface area contributed by atoms with E-state index in [2.05, 4.69) is 181 Å². The van der Waals surface area contributed by atoms with E-state index in [0.29, 0.717) is 132 Å². The lowest BCUT2D eigenvalue weighted by Gasteiger charge is -2.62. The fourth-order valence-electron chi connectivity index (χ4n) is 25.4. The van der Waals surface area contributed by atoms with Gasteiger partial charge in [0.2, 0.25) is 0 Å². The van der Waals surface area contributed by atoms with Crippen LogP contribution in [0.2, 0.25) is 0 Å². The number of benzene rings is 6. The summed E-state index contributed by atoms with van der Waals surface area (Å²) >= 11 is 8.56. The van der Waals surface area contributed by atoms with Gasteiger partial charge in [-0.3, -0.25) is 0 Å². The third-order valence-electron chi connectivity index (χ3n) is 28.8. The van der Waals surface area contributed by atoms with E-state index in [-0.39, 0.29) is 70.0 Å². The van der Waals surface area contributed by atoms with Crippen molar-refractivity contribution >= 4 is 92.7 Å². The molecule has 0 N–H and O–H groups in total. The third kappa shape index (κ3) is 15.9. The Labute approximate surface area is 712 Å². The first-order valence-electron chi connectivity index (χ1n) is 42.8. The molecule has 8 atom stereocenters. The molecule has 4 heterocycles. The van der Waals surface area contributed by atoms with Gasteiger partial charge in [-0.1, -0.05) is 72.8 Å². The number of ether oxygens (including phenoxy) is 10. The van der Waals surface area contributed by atoms with Crippen molar-refractivity contribution in [1.29, 1.82) is 0 Å². The molecule has 24 heteroatoms. The smallest absolute Gasteiger partial charge is 0.377 e. The van der Waals surface area contributed by atoms with Crippen LogP contribution in [-0.4, -0.2) is 141 Å². The molecule has 8 unspecified atom stereocenters. The molecule has 6 aromatic rings. The SMILES string of the molecule is CC(F)(F)C(=O)OC12CC3CC(C1)C1(OCCO1)C(C3)C2.CC(F)(F)C(=O)OC12CC3CC(C1)C1(SCCS1)C(C3)C2.O=C(COc1ccc([S+](c2ccccc2)c2ccccc2)cc1)OC12CC3CC(C1)C1(OCCO1)C(C3)C2.O=C(COc1ccc([S+](c2ccccc2)c2ccccc2)cc1)OC12CC3CC(C1)C1(SCCS1)C(C3)C2. The highest BCUT2D eigenvalue weighted by molar-refractivity contribution is 8.21. The van der Waals surface area contributed by atoms with Crippen molar-refractivity contribution in [1.82, 2.24) is 0 Å². The predicted octanol–water partition coefficient (Wildman–Crippen LogP) is 19.9. The van der Waals surface area contributed by atoms with E-state index in [1.807, 2.05) is 36.4 Å². The van der Waals surface area contributed by atoms with E-state index in [9.17, 15) is 36.7 Å². The number of hydrogen-bond donors (Lipinski definition) is 0. The summed E-state index contributed by atoms with van der Waals surface area (Å²) in [5.74, 6) is 1.03. The number of rotatable bonds is 18. The highest BCUT2D eigenvalue weighted by Gasteiger charge is 2.71. The zero-order valence-electron chi connectivity index (χ0n) is 67.0. The summed E-state index contributed by atoms with van der Waals surface area (Å²) in [4.78, 5) is 56.8. The van der Waals surface area contributed by atoms with Gasteiger partial charge in [0.25, 0.3) is 0 Å². The molecule has 16 saturated carbocycles. The Morgan fingerprint density at radius 1 is 0.339 bits per heavy atom. The van der Waals surface area contributed by atoms with Crippen LogP contribution >= 0.6 is 47.0 Å².